The molecule has 1 aliphatic rings. The zero-order valence-corrected chi connectivity index (χ0v) is 12.9. The molecule has 2 heterocycles. The second-order valence-corrected chi connectivity index (χ2v) is 6.48. The number of carbonyl (C=O) groups is 2. The van der Waals surface area contributed by atoms with Crippen LogP contribution in [0, 0.1) is 0 Å². The van der Waals surface area contributed by atoms with E-state index in [4.69, 9.17) is 11.6 Å². The highest BCUT2D eigenvalue weighted by molar-refractivity contribution is 7.99. The SMILES string of the molecule is CSc1ncc(Cl)c(C(=O)NC2(C(=O)O)CCSC2)n1. The lowest BCUT2D eigenvalue weighted by Gasteiger charge is -2.24. The van der Waals surface area contributed by atoms with Crippen LogP contribution in [0.4, 0.5) is 0 Å². The third-order valence-electron chi connectivity index (χ3n) is 2.90. The summed E-state index contributed by atoms with van der Waals surface area (Å²) in [6.45, 7) is 0. The molecule has 0 aliphatic carbocycles. The molecule has 0 radical (unpaired) electrons. The Labute approximate surface area is 129 Å². The van der Waals surface area contributed by atoms with Crippen molar-refractivity contribution in [3.8, 4) is 0 Å². The number of carboxylic acids is 1. The number of halogens is 1. The number of nitrogens with one attached hydrogen (secondary N) is 1. The Balaban J connectivity index is 2.25. The Morgan fingerprint density at radius 1 is 1.60 bits per heavy atom. The summed E-state index contributed by atoms with van der Waals surface area (Å²) >= 11 is 8.68. The van der Waals surface area contributed by atoms with Crippen molar-refractivity contribution in [3.63, 3.8) is 0 Å². The van der Waals surface area contributed by atoms with Gasteiger partial charge in [-0.1, -0.05) is 23.4 Å². The fourth-order valence-electron chi connectivity index (χ4n) is 1.77. The number of thioether (sulfide) groups is 2. The maximum Gasteiger partial charge on any atom is 0.330 e. The highest BCUT2D eigenvalue weighted by Gasteiger charge is 2.43. The molecular weight excluding hydrogens is 322 g/mol. The summed E-state index contributed by atoms with van der Waals surface area (Å²) in [5, 5.41) is 12.4. The van der Waals surface area contributed by atoms with Gasteiger partial charge >= 0.3 is 5.97 Å². The van der Waals surface area contributed by atoms with Crippen molar-refractivity contribution in [1.29, 1.82) is 0 Å². The Kier molecular flexibility index (Phi) is 4.77. The lowest BCUT2D eigenvalue weighted by molar-refractivity contribution is -0.143. The van der Waals surface area contributed by atoms with Gasteiger partial charge in [-0.2, -0.15) is 11.8 Å². The van der Waals surface area contributed by atoms with E-state index in [1.54, 1.807) is 6.26 Å². The first-order chi connectivity index (χ1) is 9.48. The maximum atomic E-state index is 12.2. The van der Waals surface area contributed by atoms with Crippen molar-refractivity contribution in [2.24, 2.45) is 0 Å². The van der Waals surface area contributed by atoms with Gasteiger partial charge in [0.15, 0.2) is 10.9 Å². The summed E-state index contributed by atoms with van der Waals surface area (Å²) in [6.07, 6.45) is 3.50. The van der Waals surface area contributed by atoms with E-state index in [9.17, 15) is 14.7 Å². The standard InChI is InChI=1S/C11H12ClN3O3S2/c1-19-10-13-4-6(12)7(14-10)8(16)15-11(9(17)18)2-3-20-5-11/h4H,2-3,5H2,1H3,(H,15,16)(H,17,18). The van der Waals surface area contributed by atoms with Crippen molar-refractivity contribution >= 4 is 47.0 Å². The van der Waals surface area contributed by atoms with E-state index < -0.39 is 17.4 Å². The number of aromatic nitrogens is 2. The molecule has 0 aromatic carbocycles. The van der Waals surface area contributed by atoms with Crippen LogP contribution < -0.4 is 5.32 Å². The number of carboxylic acid groups (broad SMARTS) is 1. The largest absolute Gasteiger partial charge is 0.479 e. The molecule has 1 saturated heterocycles. The zero-order chi connectivity index (χ0) is 14.8. The minimum Gasteiger partial charge on any atom is -0.479 e. The number of hydrogen-bond acceptors (Lipinski definition) is 6. The first-order valence-electron chi connectivity index (χ1n) is 5.69. The summed E-state index contributed by atoms with van der Waals surface area (Å²) in [4.78, 5) is 31.6. The van der Waals surface area contributed by atoms with Gasteiger partial charge in [-0.25, -0.2) is 14.8 Å². The average molecular weight is 334 g/mol. The molecule has 2 rings (SSSR count). The normalized spacial score (nSPS) is 21.7. The minimum atomic E-state index is -1.24. The summed E-state index contributed by atoms with van der Waals surface area (Å²) < 4.78 is 0. The van der Waals surface area contributed by atoms with Crippen LogP contribution in [-0.2, 0) is 4.79 Å². The van der Waals surface area contributed by atoms with E-state index in [1.165, 1.54) is 29.7 Å². The monoisotopic (exact) mass is 333 g/mol. The van der Waals surface area contributed by atoms with Crippen molar-refractivity contribution in [2.75, 3.05) is 17.8 Å². The van der Waals surface area contributed by atoms with Crippen LogP contribution in [0.5, 0.6) is 0 Å². The third kappa shape index (κ3) is 3.02. The van der Waals surface area contributed by atoms with Gasteiger partial charge in [0.2, 0.25) is 0 Å². The van der Waals surface area contributed by atoms with Gasteiger partial charge in [-0.15, -0.1) is 0 Å². The van der Waals surface area contributed by atoms with Gasteiger partial charge in [-0.3, -0.25) is 4.79 Å². The van der Waals surface area contributed by atoms with Crippen molar-refractivity contribution in [3.05, 3.63) is 16.9 Å². The van der Waals surface area contributed by atoms with Gasteiger partial charge in [0.1, 0.15) is 5.54 Å². The van der Waals surface area contributed by atoms with Gasteiger partial charge in [0.25, 0.3) is 5.91 Å². The molecule has 2 N–H and O–H groups in total. The second-order valence-electron chi connectivity index (χ2n) is 4.20. The van der Waals surface area contributed by atoms with Crippen LogP contribution in [0.2, 0.25) is 5.02 Å². The van der Waals surface area contributed by atoms with E-state index in [-0.39, 0.29) is 10.7 Å². The lowest BCUT2D eigenvalue weighted by Crippen LogP contribution is -2.55. The molecule has 0 saturated carbocycles. The molecule has 0 spiro atoms. The van der Waals surface area contributed by atoms with E-state index in [0.717, 1.165) is 0 Å². The summed E-state index contributed by atoms with van der Waals surface area (Å²) in [5.41, 5.74) is -1.24. The average Bonchev–Trinajstić information content (AvgIpc) is 2.89. The second kappa shape index (κ2) is 6.19. The minimum absolute atomic E-state index is 0.00328. The molecule has 9 heteroatoms. The molecule has 108 valence electrons. The van der Waals surface area contributed by atoms with Gasteiger partial charge in [-0.05, 0) is 18.4 Å². The molecule has 1 unspecified atom stereocenters. The molecule has 1 aliphatic heterocycles. The number of hydrogen-bond donors (Lipinski definition) is 2. The predicted molar refractivity (Wildman–Crippen MR) is 78.6 cm³/mol. The molecule has 6 nitrogen and oxygen atoms in total. The molecule has 1 aromatic heterocycles. The third-order valence-corrected chi connectivity index (χ3v) is 4.93. The molecule has 1 amide bonds. The fourth-order valence-corrected chi connectivity index (χ4v) is 3.61. The highest BCUT2D eigenvalue weighted by Crippen LogP contribution is 2.29. The van der Waals surface area contributed by atoms with E-state index >= 15 is 0 Å². The fraction of sp³-hybridized carbons (Fsp3) is 0.455. The van der Waals surface area contributed by atoms with Gasteiger partial charge in [0.05, 0.1) is 11.2 Å². The summed E-state index contributed by atoms with van der Waals surface area (Å²) in [6, 6.07) is 0. The molecular formula is C11H12ClN3O3S2. The summed E-state index contributed by atoms with van der Waals surface area (Å²) in [5.74, 6) is -0.588. The molecule has 20 heavy (non-hydrogen) atoms. The topological polar surface area (TPSA) is 92.2 Å². The Bertz CT molecular complexity index is 550. The van der Waals surface area contributed by atoms with Crippen LogP contribution in [0.25, 0.3) is 0 Å². The number of amides is 1. The first kappa shape index (κ1) is 15.4. The number of nitrogens with zero attached hydrogens (tertiary/aromatic N) is 2. The molecule has 0 bridgehead atoms. The molecule has 1 fully saturated rings. The van der Waals surface area contributed by atoms with Crippen molar-refractivity contribution in [2.45, 2.75) is 17.1 Å². The zero-order valence-electron chi connectivity index (χ0n) is 10.6. The predicted octanol–water partition coefficient (Wildman–Crippen LogP) is 1.54. The van der Waals surface area contributed by atoms with Crippen LogP contribution in [0.1, 0.15) is 16.9 Å². The Morgan fingerprint density at radius 2 is 2.35 bits per heavy atom. The van der Waals surface area contributed by atoms with Crippen LogP contribution in [-0.4, -0.2) is 50.3 Å². The Hall–Kier alpha value is -0.990. The summed E-state index contributed by atoms with van der Waals surface area (Å²) in [7, 11) is 0. The Morgan fingerprint density at radius 3 is 2.90 bits per heavy atom. The smallest absolute Gasteiger partial charge is 0.330 e. The number of aliphatic carboxylic acids is 1. The number of rotatable bonds is 4. The van der Waals surface area contributed by atoms with E-state index in [0.29, 0.717) is 23.1 Å². The first-order valence-corrected chi connectivity index (χ1v) is 8.44. The van der Waals surface area contributed by atoms with Crippen LogP contribution >= 0.6 is 35.1 Å². The quantitative estimate of drug-likeness (QED) is 0.637. The van der Waals surface area contributed by atoms with Crippen LogP contribution in [0.3, 0.4) is 0 Å². The molecule has 1 atom stereocenters. The molecule has 1 aromatic rings. The highest BCUT2D eigenvalue weighted by atomic mass is 35.5. The van der Waals surface area contributed by atoms with E-state index in [2.05, 4.69) is 15.3 Å². The van der Waals surface area contributed by atoms with Gasteiger partial charge < -0.3 is 10.4 Å². The van der Waals surface area contributed by atoms with Crippen LogP contribution in [0.15, 0.2) is 11.4 Å². The maximum absolute atomic E-state index is 12.2. The lowest BCUT2D eigenvalue weighted by atomic mass is 9.99. The van der Waals surface area contributed by atoms with Crippen molar-refractivity contribution < 1.29 is 14.7 Å². The van der Waals surface area contributed by atoms with Gasteiger partial charge in [0, 0.05) is 5.75 Å². The number of carbonyl (C=O) groups excluding carboxylic acids is 1. The van der Waals surface area contributed by atoms with Crippen molar-refractivity contribution in [1.82, 2.24) is 15.3 Å². The van der Waals surface area contributed by atoms with E-state index in [1.807, 2.05) is 0 Å².